The minimum absolute atomic E-state index is 0.0363. The van der Waals surface area contributed by atoms with Crippen LogP contribution in [0.3, 0.4) is 0 Å². The first-order valence-corrected chi connectivity index (χ1v) is 7.68. The molecule has 1 aliphatic heterocycles. The molecule has 0 aromatic heterocycles. The molecule has 1 aromatic rings. The van der Waals surface area contributed by atoms with E-state index in [4.69, 9.17) is 11.6 Å². The number of carbonyl (C=O) groups excluding carboxylic acids is 1. The molecule has 104 valence electrons. The van der Waals surface area contributed by atoms with E-state index in [9.17, 15) is 4.79 Å². The smallest absolute Gasteiger partial charge is 0.255 e. The molecule has 3 nitrogen and oxygen atoms in total. The number of amides is 1. The number of halogens is 2. The number of benzene rings is 1. The highest BCUT2D eigenvalue weighted by Crippen LogP contribution is 2.28. The largest absolute Gasteiger partial charge is 0.339 e. The fraction of sp³-hybridized carbons (Fsp3) is 0.500. The zero-order valence-corrected chi connectivity index (χ0v) is 13.3. The molecule has 0 spiro atoms. The number of nitrogens with one attached hydrogen (secondary N) is 1. The van der Waals surface area contributed by atoms with Crippen LogP contribution in [0.25, 0.3) is 0 Å². The van der Waals surface area contributed by atoms with Crippen molar-refractivity contribution < 1.29 is 4.79 Å². The first kappa shape index (κ1) is 14.8. The van der Waals surface area contributed by atoms with Gasteiger partial charge >= 0.3 is 0 Å². The van der Waals surface area contributed by atoms with E-state index in [0.717, 1.165) is 36.9 Å². The van der Waals surface area contributed by atoms with Crippen LogP contribution in [0.2, 0.25) is 5.02 Å². The second-order valence-electron chi connectivity index (χ2n) is 4.89. The summed E-state index contributed by atoms with van der Waals surface area (Å²) in [5.74, 6) is 0.709. The van der Waals surface area contributed by atoms with Crippen LogP contribution in [-0.2, 0) is 0 Å². The molecule has 0 radical (unpaired) electrons. The second kappa shape index (κ2) is 6.73. The van der Waals surface area contributed by atoms with E-state index in [1.54, 1.807) is 6.07 Å². The van der Waals surface area contributed by atoms with Crippen molar-refractivity contribution in [3.63, 3.8) is 0 Å². The summed E-state index contributed by atoms with van der Waals surface area (Å²) in [6.07, 6.45) is 2.11. The van der Waals surface area contributed by atoms with E-state index < -0.39 is 0 Å². The fourth-order valence-electron chi connectivity index (χ4n) is 2.47. The zero-order chi connectivity index (χ0) is 13.8. The minimum atomic E-state index is 0.0363. The number of likely N-dealkylation sites (tertiary alicyclic amines) is 1. The van der Waals surface area contributed by atoms with Gasteiger partial charge in [0.1, 0.15) is 0 Å². The lowest BCUT2D eigenvalue weighted by molar-refractivity contribution is 0.0691. The van der Waals surface area contributed by atoms with Gasteiger partial charge in [0.25, 0.3) is 5.91 Å². The van der Waals surface area contributed by atoms with Gasteiger partial charge in [-0.2, -0.15) is 0 Å². The van der Waals surface area contributed by atoms with Crippen LogP contribution in [0.5, 0.6) is 0 Å². The van der Waals surface area contributed by atoms with Gasteiger partial charge < -0.3 is 10.2 Å². The molecule has 19 heavy (non-hydrogen) atoms. The lowest BCUT2D eigenvalue weighted by Crippen LogP contribution is -2.40. The standard InChI is InChI=1S/C14H18BrClN2O/c1-17-9-10-5-7-18(8-6-10)14(19)11-3-2-4-12(15)13(11)16/h2-4,10,17H,5-9H2,1H3. The van der Waals surface area contributed by atoms with Gasteiger partial charge in [-0.25, -0.2) is 0 Å². The number of nitrogens with zero attached hydrogens (tertiary/aromatic N) is 1. The van der Waals surface area contributed by atoms with E-state index in [1.807, 2.05) is 24.1 Å². The number of carbonyl (C=O) groups is 1. The van der Waals surface area contributed by atoms with E-state index >= 15 is 0 Å². The van der Waals surface area contributed by atoms with Gasteiger partial charge in [-0.1, -0.05) is 17.7 Å². The molecule has 0 bridgehead atoms. The third-order valence-electron chi connectivity index (χ3n) is 3.58. The van der Waals surface area contributed by atoms with Crippen LogP contribution in [0, 0.1) is 5.92 Å². The molecule has 0 atom stereocenters. The molecule has 0 unspecified atom stereocenters. The van der Waals surface area contributed by atoms with Crippen molar-refractivity contribution in [2.75, 3.05) is 26.7 Å². The van der Waals surface area contributed by atoms with E-state index in [2.05, 4.69) is 21.2 Å². The van der Waals surface area contributed by atoms with Crippen molar-refractivity contribution in [2.45, 2.75) is 12.8 Å². The van der Waals surface area contributed by atoms with Crippen molar-refractivity contribution in [1.29, 1.82) is 0 Å². The zero-order valence-electron chi connectivity index (χ0n) is 11.0. The van der Waals surface area contributed by atoms with Gasteiger partial charge in [-0.15, -0.1) is 0 Å². The van der Waals surface area contributed by atoms with Gasteiger partial charge in [0.2, 0.25) is 0 Å². The van der Waals surface area contributed by atoms with E-state index in [1.165, 1.54) is 0 Å². The Morgan fingerprint density at radius 3 is 2.79 bits per heavy atom. The van der Waals surface area contributed by atoms with E-state index in [0.29, 0.717) is 16.5 Å². The summed E-state index contributed by atoms with van der Waals surface area (Å²) < 4.78 is 0.769. The van der Waals surface area contributed by atoms with Crippen LogP contribution in [0.15, 0.2) is 22.7 Å². The van der Waals surface area contributed by atoms with Crippen LogP contribution < -0.4 is 5.32 Å². The minimum Gasteiger partial charge on any atom is -0.339 e. The van der Waals surface area contributed by atoms with Gasteiger partial charge in [0.15, 0.2) is 0 Å². The molecule has 1 saturated heterocycles. The Kier molecular flexibility index (Phi) is 5.25. The molecule has 1 amide bonds. The van der Waals surface area contributed by atoms with Crippen LogP contribution in [0.4, 0.5) is 0 Å². The predicted molar refractivity (Wildman–Crippen MR) is 81.7 cm³/mol. The number of hydrogen-bond acceptors (Lipinski definition) is 2. The third kappa shape index (κ3) is 3.50. The van der Waals surface area contributed by atoms with Crippen molar-refractivity contribution >= 4 is 33.4 Å². The lowest BCUT2D eigenvalue weighted by Gasteiger charge is -2.32. The Morgan fingerprint density at radius 1 is 1.47 bits per heavy atom. The average molecular weight is 346 g/mol. The van der Waals surface area contributed by atoms with Gasteiger partial charge in [-0.05, 0) is 60.4 Å². The van der Waals surface area contributed by atoms with Crippen LogP contribution in [0.1, 0.15) is 23.2 Å². The summed E-state index contributed by atoms with van der Waals surface area (Å²) in [5, 5.41) is 3.70. The van der Waals surface area contributed by atoms with Crippen molar-refractivity contribution in [3.05, 3.63) is 33.3 Å². The molecule has 1 heterocycles. The summed E-state index contributed by atoms with van der Waals surface area (Å²) >= 11 is 9.54. The van der Waals surface area contributed by atoms with Gasteiger partial charge in [0, 0.05) is 17.6 Å². The molecular formula is C14H18BrClN2O. The van der Waals surface area contributed by atoms with E-state index in [-0.39, 0.29) is 5.91 Å². The molecule has 0 saturated carbocycles. The maximum Gasteiger partial charge on any atom is 0.255 e. The normalized spacial score (nSPS) is 16.7. The summed E-state index contributed by atoms with van der Waals surface area (Å²) in [5.41, 5.74) is 0.586. The molecule has 2 rings (SSSR count). The SMILES string of the molecule is CNCC1CCN(C(=O)c2cccc(Br)c2Cl)CC1. The Balaban J connectivity index is 2.03. The van der Waals surface area contributed by atoms with Crippen LogP contribution in [-0.4, -0.2) is 37.5 Å². The quantitative estimate of drug-likeness (QED) is 0.912. The maximum absolute atomic E-state index is 12.4. The Hall–Kier alpha value is -0.580. The Morgan fingerprint density at radius 2 is 2.16 bits per heavy atom. The van der Waals surface area contributed by atoms with Crippen LogP contribution >= 0.6 is 27.5 Å². The first-order valence-electron chi connectivity index (χ1n) is 6.51. The molecule has 1 N–H and O–H groups in total. The highest BCUT2D eigenvalue weighted by molar-refractivity contribution is 9.10. The summed E-state index contributed by atoms with van der Waals surface area (Å²) in [6.45, 7) is 2.65. The molecule has 1 fully saturated rings. The second-order valence-corrected chi connectivity index (χ2v) is 6.13. The Labute approximate surface area is 127 Å². The van der Waals surface area contributed by atoms with Gasteiger partial charge in [-0.3, -0.25) is 4.79 Å². The van der Waals surface area contributed by atoms with Crippen molar-refractivity contribution in [2.24, 2.45) is 5.92 Å². The maximum atomic E-state index is 12.4. The summed E-state index contributed by atoms with van der Waals surface area (Å²) in [4.78, 5) is 14.3. The topological polar surface area (TPSA) is 32.3 Å². The third-order valence-corrected chi connectivity index (χ3v) is 4.87. The highest BCUT2D eigenvalue weighted by atomic mass is 79.9. The fourth-order valence-corrected chi connectivity index (χ4v) is 3.04. The molecular weight excluding hydrogens is 328 g/mol. The average Bonchev–Trinajstić information content (AvgIpc) is 2.42. The monoisotopic (exact) mass is 344 g/mol. The number of piperidine rings is 1. The first-order chi connectivity index (χ1) is 9.13. The van der Waals surface area contributed by atoms with Crippen molar-refractivity contribution in [1.82, 2.24) is 10.2 Å². The van der Waals surface area contributed by atoms with Gasteiger partial charge in [0.05, 0.1) is 10.6 Å². The molecule has 0 aliphatic carbocycles. The predicted octanol–water partition coefficient (Wildman–Crippen LogP) is 3.17. The number of rotatable bonds is 3. The Bertz CT molecular complexity index is 459. The van der Waals surface area contributed by atoms with Crippen molar-refractivity contribution in [3.8, 4) is 0 Å². The summed E-state index contributed by atoms with van der Waals surface area (Å²) in [7, 11) is 1.97. The molecule has 5 heteroatoms. The molecule has 1 aromatic carbocycles. The summed E-state index contributed by atoms with van der Waals surface area (Å²) in [6, 6.07) is 5.48. The lowest BCUT2D eigenvalue weighted by atomic mass is 9.96. The highest BCUT2D eigenvalue weighted by Gasteiger charge is 2.24. The molecule has 1 aliphatic rings. The number of hydrogen-bond donors (Lipinski definition) is 1.